The van der Waals surface area contributed by atoms with E-state index >= 15 is 0 Å². The Balaban J connectivity index is 1.83. The molecule has 0 radical (unpaired) electrons. The molecule has 1 aliphatic carbocycles. The van der Waals surface area contributed by atoms with E-state index in [-0.39, 0.29) is 5.60 Å². The van der Waals surface area contributed by atoms with Gasteiger partial charge in [-0.3, -0.25) is 0 Å². The van der Waals surface area contributed by atoms with Gasteiger partial charge < -0.3 is 14.8 Å². The van der Waals surface area contributed by atoms with Crippen molar-refractivity contribution < 1.29 is 9.47 Å². The second-order valence-corrected chi connectivity index (χ2v) is 6.38. The highest BCUT2D eigenvalue weighted by Crippen LogP contribution is 2.38. The summed E-state index contributed by atoms with van der Waals surface area (Å²) in [6.45, 7) is 7.20. The number of hydrogen-bond donors (Lipinski definition) is 1. The molecular formula is C17H33NO2. The van der Waals surface area contributed by atoms with Gasteiger partial charge in [0, 0.05) is 19.3 Å². The molecule has 1 heterocycles. The van der Waals surface area contributed by atoms with Gasteiger partial charge >= 0.3 is 0 Å². The Morgan fingerprint density at radius 1 is 1.25 bits per heavy atom. The smallest absolute Gasteiger partial charge is 0.0834 e. The summed E-state index contributed by atoms with van der Waals surface area (Å²) in [4.78, 5) is 0. The van der Waals surface area contributed by atoms with Crippen LogP contribution in [0.25, 0.3) is 0 Å². The highest BCUT2D eigenvalue weighted by molar-refractivity contribution is 4.97. The predicted octanol–water partition coefficient (Wildman–Crippen LogP) is 3.66. The van der Waals surface area contributed by atoms with E-state index < -0.39 is 0 Å². The van der Waals surface area contributed by atoms with E-state index in [9.17, 15) is 0 Å². The molecule has 0 bridgehead atoms. The maximum atomic E-state index is 6.23. The largest absolute Gasteiger partial charge is 0.378 e. The fourth-order valence-electron chi connectivity index (χ4n) is 4.07. The lowest BCUT2D eigenvalue weighted by atomic mass is 9.87. The van der Waals surface area contributed by atoms with Crippen molar-refractivity contribution in [1.82, 2.24) is 5.32 Å². The third-order valence-electron chi connectivity index (χ3n) is 5.01. The van der Waals surface area contributed by atoms with E-state index in [4.69, 9.17) is 9.47 Å². The maximum Gasteiger partial charge on any atom is 0.0834 e. The minimum absolute atomic E-state index is 0.112. The van der Waals surface area contributed by atoms with Crippen LogP contribution in [0.3, 0.4) is 0 Å². The lowest BCUT2D eigenvalue weighted by molar-refractivity contribution is -0.0638. The van der Waals surface area contributed by atoms with Crippen molar-refractivity contribution in [2.45, 2.75) is 89.4 Å². The van der Waals surface area contributed by atoms with Crippen LogP contribution in [0.5, 0.6) is 0 Å². The third kappa shape index (κ3) is 4.19. The Morgan fingerprint density at radius 3 is 2.65 bits per heavy atom. The summed E-state index contributed by atoms with van der Waals surface area (Å²) in [5.41, 5.74) is 0.112. The Hall–Kier alpha value is -0.120. The van der Waals surface area contributed by atoms with Crippen LogP contribution in [0, 0.1) is 0 Å². The quantitative estimate of drug-likeness (QED) is 0.700. The van der Waals surface area contributed by atoms with Gasteiger partial charge in [0.05, 0.1) is 11.7 Å². The van der Waals surface area contributed by atoms with Crippen LogP contribution in [-0.4, -0.2) is 37.5 Å². The minimum Gasteiger partial charge on any atom is -0.378 e. The summed E-state index contributed by atoms with van der Waals surface area (Å²) >= 11 is 0. The van der Waals surface area contributed by atoms with Crippen molar-refractivity contribution in [1.29, 1.82) is 0 Å². The van der Waals surface area contributed by atoms with E-state index in [1.165, 1.54) is 57.8 Å². The monoisotopic (exact) mass is 283 g/mol. The summed E-state index contributed by atoms with van der Waals surface area (Å²) in [7, 11) is 0. The third-order valence-corrected chi connectivity index (χ3v) is 5.01. The zero-order chi connectivity index (χ0) is 14.3. The van der Waals surface area contributed by atoms with Gasteiger partial charge in [-0.05, 0) is 58.4 Å². The highest BCUT2D eigenvalue weighted by atomic mass is 16.5. The van der Waals surface area contributed by atoms with Gasteiger partial charge in [0.2, 0.25) is 0 Å². The summed E-state index contributed by atoms with van der Waals surface area (Å²) in [5.74, 6) is 0. The molecule has 118 valence electrons. The molecule has 3 heteroatoms. The van der Waals surface area contributed by atoms with Gasteiger partial charge in [0.15, 0.2) is 0 Å². The van der Waals surface area contributed by atoms with E-state index in [1.807, 2.05) is 0 Å². The van der Waals surface area contributed by atoms with Gasteiger partial charge in [-0.15, -0.1) is 0 Å². The lowest BCUT2D eigenvalue weighted by Crippen LogP contribution is -2.51. The Morgan fingerprint density at radius 2 is 2.05 bits per heavy atom. The number of likely N-dealkylation sites (N-methyl/N-ethyl adjacent to an activating group) is 1. The molecule has 3 nitrogen and oxygen atoms in total. The molecule has 1 saturated heterocycles. The first-order chi connectivity index (χ1) is 9.80. The van der Waals surface area contributed by atoms with Crippen molar-refractivity contribution in [2.75, 3.05) is 19.8 Å². The van der Waals surface area contributed by atoms with Gasteiger partial charge in [0.1, 0.15) is 0 Å². The molecule has 2 atom stereocenters. The van der Waals surface area contributed by atoms with Gasteiger partial charge in [-0.2, -0.15) is 0 Å². The molecule has 0 amide bonds. The molecule has 0 aromatic heterocycles. The van der Waals surface area contributed by atoms with E-state index in [0.717, 1.165) is 19.8 Å². The number of ether oxygens (including phenoxy) is 2. The SMILES string of the molecule is CCNC(CCCC1CCCO1)C1(OCC)CCCC1. The van der Waals surface area contributed by atoms with Crippen LogP contribution < -0.4 is 5.32 Å². The lowest BCUT2D eigenvalue weighted by Gasteiger charge is -2.38. The minimum atomic E-state index is 0.112. The van der Waals surface area contributed by atoms with Gasteiger partial charge in [-0.25, -0.2) is 0 Å². The highest BCUT2D eigenvalue weighted by Gasteiger charge is 2.41. The Kier molecular flexibility index (Phi) is 6.79. The standard InChI is InChI=1S/C17H33NO2/c1-3-18-16(11-7-9-15-10-8-14-19-15)17(20-4-2)12-5-6-13-17/h15-16,18H,3-14H2,1-2H3. The fourth-order valence-corrected chi connectivity index (χ4v) is 4.07. The number of hydrogen-bond acceptors (Lipinski definition) is 3. The summed E-state index contributed by atoms with van der Waals surface area (Å²) in [6, 6.07) is 0.524. The topological polar surface area (TPSA) is 30.5 Å². The van der Waals surface area contributed by atoms with Crippen LogP contribution in [-0.2, 0) is 9.47 Å². The Bertz CT molecular complexity index is 258. The van der Waals surface area contributed by atoms with Crippen LogP contribution in [0.4, 0.5) is 0 Å². The van der Waals surface area contributed by atoms with Crippen molar-refractivity contribution >= 4 is 0 Å². The number of nitrogens with one attached hydrogen (secondary N) is 1. The normalized spacial score (nSPS) is 27.0. The molecule has 2 aliphatic rings. The molecule has 2 unspecified atom stereocenters. The predicted molar refractivity (Wildman–Crippen MR) is 83.1 cm³/mol. The zero-order valence-corrected chi connectivity index (χ0v) is 13.5. The maximum absolute atomic E-state index is 6.23. The van der Waals surface area contributed by atoms with Crippen molar-refractivity contribution in [3.8, 4) is 0 Å². The summed E-state index contributed by atoms with van der Waals surface area (Å²) in [5, 5.41) is 3.71. The summed E-state index contributed by atoms with van der Waals surface area (Å²) in [6.07, 6.45) is 11.9. The van der Waals surface area contributed by atoms with Gasteiger partial charge in [0.25, 0.3) is 0 Å². The molecule has 1 saturated carbocycles. The average molecular weight is 283 g/mol. The molecule has 1 N–H and O–H groups in total. The van der Waals surface area contributed by atoms with Crippen LogP contribution in [0.2, 0.25) is 0 Å². The molecule has 0 aromatic rings. The van der Waals surface area contributed by atoms with Crippen molar-refractivity contribution in [3.63, 3.8) is 0 Å². The molecule has 20 heavy (non-hydrogen) atoms. The van der Waals surface area contributed by atoms with E-state index in [0.29, 0.717) is 12.1 Å². The van der Waals surface area contributed by atoms with E-state index in [1.54, 1.807) is 0 Å². The first-order valence-electron chi connectivity index (χ1n) is 8.79. The van der Waals surface area contributed by atoms with Crippen molar-refractivity contribution in [2.24, 2.45) is 0 Å². The van der Waals surface area contributed by atoms with Crippen LogP contribution >= 0.6 is 0 Å². The first-order valence-corrected chi connectivity index (χ1v) is 8.79. The molecule has 1 aliphatic heterocycles. The Labute approximate surface area is 124 Å². The second kappa shape index (κ2) is 8.35. The first kappa shape index (κ1) is 16.3. The molecular weight excluding hydrogens is 250 g/mol. The second-order valence-electron chi connectivity index (χ2n) is 6.38. The summed E-state index contributed by atoms with van der Waals surface area (Å²) < 4.78 is 12.0. The van der Waals surface area contributed by atoms with Crippen LogP contribution in [0.15, 0.2) is 0 Å². The van der Waals surface area contributed by atoms with Crippen molar-refractivity contribution in [3.05, 3.63) is 0 Å². The average Bonchev–Trinajstić information content (AvgIpc) is 3.10. The van der Waals surface area contributed by atoms with Gasteiger partial charge in [-0.1, -0.05) is 19.8 Å². The zero-order valence-electron chi connectivity index (χ0n) is 13.5. The molecule has 0 spiro atoms. The molecule has 2 fully saturated rings. The molecule has 0 aromatic carbocycles. The fraction of sp³-hybridized carbons (Fsp3) is 1.00. The number of rotatable bonds is 9. The molecule has 2 rings (SSSR count). The van der Waals surface area contributed by atoms with E-state index in [2.05, 4.69) is 19.2 Å². The van der Waals surface area contributed by atoms with Crippen LogP contribution in [0.1, 0.15) is 71.6 Å².